The largest absolute Gasteiger partial charge is 0.483 e. The van der Waals surface area contributed by atoms with Crippen molar-refractivity contribution in [1.29, 1.82) is 0 Å². The number of amides is 1. The maximum atomic E-state index is 12.1. The first-order valence-corrected chi connectivity index (χ1v) is 8.27. The summed E-state index contributed by atoms with van der Waals surface area (Å²) in [5, 5.41) is 12.3. The first-order chi connectivity index (χ1) is 13.0. The van der Waals surface area contributed by atoms with E-state index in [1.54, 1.807) is 6.20 Å². The lowest BCUT2D eigenvalue weighted by molar-refractivity contribution is -0.122. The molecule has 11 nitrogen and oxygen atoms in total. The van der Waals surface area contributed by atoms with Crippen molar-refractivity contribution in [2.24, 2.45) is 0 Å². The lowest BCUT2D eigenvalue weighted by atomic mass is 10.2. The van der Waals surface area contributed by atoms with Crippen molar-refractivity contribution in [3.63, 3.8) is 0 Å². The Morgan fingerprint density at radius 2 is 2.11 bits per heavy atom. The van der Waals surface area contributed by atoms with Crippen LogP contribution in [0.15, 0.2) is 29.7 Å². The highest BCUT2D eigenvalue weighted by Crippen LogP contribution is 2.11. The number of rotatable bonds is 6. The first-order valence-electron chi connectivity index (χ1n) is 8.27. The van der Waals surface area contributed by atoms with Gasteiger partial charge in [-0.25, -0.2) is 15.0 Å². The zero-order valence-electron chi connectivity index (χ0n) is 15.0. The molecule has 3 N–H and O–H groups in total. The van der Waals surface area contributed by atoms with Gasteiger partial charge in [-0.2, -0.15) is 4.52 Å². The van der Waals surface area contributed by atoms with Crippen molar-refractivity contribution in [2.45, 2.75) is 32.7 Å². The molecule has 11 heteroatoms. The van der Waals surface area contributed by atoms with Gasteiger partial charge in [0.15, 0.2) is 0 Å². The van der Waals surface area contributed by atoms with Gasteiger partial charge in [0.25, 0.3) is 23.7 Å². The van der Waals surface area contributed by atoms with Crippen molar-refractivity contribution in [3.8, 4) is 0 Å². The van der Waals surface area contributed by atoms with Crippen molar-refractivity contribution < 1.29 is 14.7 Å². The van der Waals surface area contributed by atoms with Gasteiger partial charge in [0.2, 0.25) is 0 Å². The van der Waals surface area contributed by atoms with Crippen LogP contribution in [0.3, 0.4) is 0 Å². The fraction of sp³-hybridized carbons (Fsp3) is 0.375. The quantitative estimate of drug-likeness (QED) is 0.413. The number of nitrogens with zero attached hydrogens (tertiary/aromatic N) is 5. The molecular formula is C16H21N7O4. The smallest absolute Gasteiger partial charge is 0.290 e. The topological polar surface area (TPSA) is 147 Å². The van der Waals surface area contributed by atoms with Gasteiger partial charge in [-0.05, 0) is 6.42 Å². The van der Waals surface area contributed by atoms with Crippen LogP contribution in [0.1, 0.15) is 42.4 Å². The second-order valence-corrected chi connectivity index (χ2v) is 5.85. The van der Waals surface area contributed by atoms with Gasteiger partial charge in [0.05, 0.1) is 0 Å². The molecule has 0 atom stereocenters. The van der Waals surface area contributed by atoms with Crippen LogP contribution in [-0.2, 0) is 11.3 Å². The Morgan fingerprint density at radius 3 is 2.81 bits per heavy atom. The predicted molar refractivity (Wildman–Crippen MR) is 95.6 cm³/mol. The first kappa shape index (κ1) is 19.8. The molecule has 3 heterocycles. The summed E-state index contributed by atoms with van der Waals surface area (Å²) in [5.74, 6) is 1.17. The summed E-state index contributed by atoms with van der Waals surface area (Å²) in [6, 6.07) is 0. The van der Waals surface area contributed by atoms with Gasteiger partial charge in [-0.1, -0.05) is 13.8 Å². The summed E-state index contributed by atoms with van der Waals surface area (Å²) < 4.78 is 3.21. The summed E-state index contributed by atoms with van der Waals surface area (Å²) in [5.41, 5.74) is -0.478. The van der Waals surface area contributed by atoms with E-state index < -0.39 is 11.5 Å². The Kier molecular flexibility index (Phi) is 6.80. The number of hydrogen-bond acceptors (Lipinski definition) is 6. The van der Waals surface area contributed by atoms with E-state index in [2.05, 4.69) is 43.8 Å². The molecule has 0 aliphatic rings. The van der Waals surface area contributed by atoms with Crippen LogP contribution in [-0.4, -0.2) is 53.2 Å². The molecule has 0 aliphatic carbocycles. The lowest BCUT2D eigenvalue weighted by Gasteiger charge is -2.10. The number of carboxylic acid groups (broad SMARTS) is 1. The molecule has 1 amide bonds. The molecule has 0 aromatic carbocycles. The average molecular weight is 375 g/mol. The third-order valence-corrected chi connectivity index (χ3v) is 3.68. The van der Waals surface area contributed by atoms with E-state index in [-0.39, 0.29) is 17.8 Å². The lowest BCUT2D eigenvalue weighted by Crippen LogP contribution is -2.32. The Bertz CT molecular complexity index is 957. The number of aromatic nitrogens is 6. The van der Waals surface area contributed by atoms with Gasteiger partial charge >= 0.3 is 0 Å². The second-order valence-electron chi connectivity index (χ2n) is 5.85. The number of hydrogen-bond donors (Lipinski definition) is 3. The number of carbonyl (C=O) groups is 2. The van der Waals surface area contributed by atoms with E-state index in [1.807, 2.05) is 6.20 Å². The molecule has 3 aromatic heterocycles. The fourth-order valence-corrected chi connectivity index (χ4v) is 2.51. The van der Waals surface area contributed by atoms with Crippen LogP contribution < -0.4 is 10.9 Å². The number of fused-ring (bicyclic) bond motifs is 1. The molecule has 0 fully saturated rings. The Balaban J connectivity index is 0.000000817. The second kappa shape index (κ2) is 9.27. The highest BCUT2D eigenvalue weighted by molar-refractivity contribution is 5.93. The van der Waals surface area contributed by atoms with Crippen LogP contribution in [0.25, 0.3) is 5.78 Å². The standard InChI is InChI=1S/C15H19N7O2.CH2O2/c1-10(2)12-16-5-7-21(12)6-3-4-17-13(23)11-8-18-15-19-9-20-22(15)14(11)24;2-1-3/h5,7-10H,3-4,6H2,1-2H3,(H,17,23)(H,18,19,20);1H,(H,2,3). The van der Waals surface area contributed by atoms with Crippen LogP contribution in [0.4, 0.5) is 0 Å². The summed E-state index contributed by atoms with van der Waals surface area (Å²) >= 11 is 0. The Labute approximate surface area is 154 Å². The minimum atomic E-state index is -0.466. The van der Waals surface area contributed by atoms with E-state index >= 15 is 0 Å². The van der Waals surface area contributed by atoms with E-state index in [4.69, 9.17) is 9.90 Å². The van der Waals surface area contributed by atoms with E-state index in [0.717, 1.165) is 23.3 Å². The van der Waals surface area contributed by atoms with E-state index in [0.29, 0.717) is 12.5 Å². The number of carbonyl (C=O) groups excluding carboxylic acids is 1. The highest BCUT2D eigenvalue weighted by Gasteiger charge is 2.14. The molecule has 0 bridgehead atoms. The third kappa shape index (κ3) is 4.77. The van der Waals surface area contributed by atoms with E-state index in [9.17, 15) is 9.59 Å². The van der Waals surface area contributed by atoms with Crippen molar-refractivity contribution in [3.05, 3.63) is 46.7 Å². The van der Waals surface area contributed by atoms with Gasteiger partial charge in [0, 0.05) is 37.6 Å². The molecule has 0 spiro atoms. The average Bonchev–Trinajstić information content (AvgIpc) is 3.29. The van der Waals surface area contributed by atoms with Crippen molar-refractivity contribution in [1.82, 2.24) is 34.4 Å². The number of H-pyrrole nitrogens is 1. The van der Waals surface area contributed by atoms with Crippen LogP contribution in [0.2, 0.25) is 0 Å². The summed E-state index contributed by atoms with van der Waals surface area (Å²) in [7, 11) is 0. The Morgan fingerprint density at radius 1 is 1.37 bits per heavy atom. The normalized spacial score (nSPS) is 10.5. The van der Waals surface area contributed by atoms with Crippen molar-refractivity contribution in [2.75, 3.05) is 6.54 Å². The van der Waals surface area contributed by atoms with Gasteiger partial charge in [-0.3, -0.25) is 19.5 Å². The third-order valence-electron chi connectivity index (χ3n) is 3.68. The van der Waals surface area contributed by atoms with Gasteiger partial charge < -0.3 is 15.0 Å². The molecule has 0 aliphatic heterocycles. The molecule has 144 valence electrons. The zero-order valence-corrected chi connectivity index (χ0v) is 15.0. The molecule has 3 rings (SSSR count). The number of imidazole rings is 1. The molecule has 0 radical (unpaired) electrons. The zero-order chi connectivity index (χ0) is 19.8. The SMILES string of the molecule is CC(C)c1nccn1CCCNC(=O)c1cnc2nc[nH]n2c1=O.O=CO. The summed E-state index contributed by atoms with van der Waals surface area (Å²) in [4.78, 5) is 44.8. The summed E-state index contributed by atoms with van der Waals surface area (Å²) in [6.07, 6.45) is 7.05. The number of aryl methyl sites for hydroxylation is 1. The van der Waals surface area contributed by atoms with Crippen LogP contribution >= 0.6 is 0 Å². The Hall–Kier alpha value is -3.50. The minimum Gasteiger partial charge on any atom is -0.483 e. The number of nitrogens with one attached hydrogen (secondary N) is 2. The molecule has 0 saturated carbocycles. The van der Waals surface area contributed by atoms with Crippen LogP contribution in [0, 0.1) is 0 Å². The van der Waals surface area contributed by atoms with E-state index in [1.165, 1.54) is 12.5 Å². The maximum Gasteiger partial charge on any atom is 0.290 e. The molecule has 0 unspecified atom stereocenters. The minimum absolute atomic E-state index is 0.0118. The predicted octanol–water partition coefficient (Wildman–Crippen LogP) is 0.258. The summed E-state index contributed by atoms with van der Waals surface area (Å²) in [6.45, 7) is 5.14. The molecule has 3 aromatic rings. The van der Waals surface area contributed by atoms with Crippen molar-refractivity contribution >= 4 is 18.2 Å². The molecular weight excluding hydrogens is 354 g/mol. The molecule has 27 heavy (non-hydrogen) atoms. The fourth-order valence-electron chi connectivity index (χ4n) is 2.51. The highest BCUT2D eigenvalue weighted by atomic mass is 16.3. The van der Waals surface area contributed by atoms with Gasteiger partial charge in [-0.15, -0.1) is 0 Å². The van der Waals surface area contributed by atoms with Crippen LogP contribution in [0.5, 0.6) is 0 Å². The maximum absolute atomic E-state index is 12.1. The van der Waals surface area contributed by atoms with Gasteiger partial charge in [0.1, 0.15) is 17.7 Å². The monoisotopic (exact) mass is 375 g/mol. The number of aromatic amines is 1. The molecule has 0 saturated heterocycles.